The number of hydrogen-bond donors (Lipinski definition) is 0. The normalized spacial score (nSPS) is 21.5. The molecule has 2 aliphatic rings. The summed E-state index contributed by atoms with van der Waals surface area (Å²) >= 11 is 12.4. The van der Waals surface area contributed by atoms with Crippen LogP contribution in [0.3, 0.4) is 0 Å². The number of carbonyl (C=O) groups excluding carboxylic acids is 2. The Bertz CT molecular complexity index is 1350. The Morgan fingerprint density at radius 2 is 1.59 bits per heavy atom. The van der Waals surface area contributed by atoms with Gasteiger partial charge in [-0.15, -0.1) is 0 Å². The molecular weight excluding hydrogens is 593 g/mol. The number of carbonyl (C=O) groups is 2. The molecule has 2 aromatic carbocycles. The minimum absolute atomic E-state index is 0.00396. The van der Waals surface area contributed by atoms with Gasteiger partial charge in [-0.25, -0.2) is 0 Å². The molecule has 0 radical (unpaired) electrons. The Labute approximate surface area is 243 Å². The van der Waals surface area contributed by atoms with Gasteiger partial charge in [0.2, 0.25) is 0 Å². The Kier molecular flexibility index (Phi) is 8.51. The molecule has 4 nitrogen and oxygen atoms in total. The van der Waals surface area contributed by atoms with Crippen molar-refractivity contribution in [3.8, 4) is 0 Å². The number of allylic oxidation sites excluding steroid dienone is 2. The van der Waals surface area contributed by atoms with E-state index in [1.807, 2.05) is 18.7 Å². The predicted octanol–water partition coefficient (Wildman–Crippen LogP) is 8.23. The number of alkyl halides is 6. The summed E-state index contributed by atoms with van der Waals surface area (Å²) in [6, 6.07) is 5.23. The molecule has 1 fully saturated rings. The maximum Gasteiger partial charge on any atom is 0.416 e. The van der Waals surface area contributed by atoms with Crippen molar-refractivity contribution >= 4 is 34.9 Å². The quantitative estimate of drug-likeness (QED) is 0.323. The number of rotatable bonds is 4. The molecule has 4 rings (SSSR count). The predicted molar refractivity (Wildman–Crippen MR) is 144 cm³/mol. The van der Waals surface area contributed by atoms with Crippen LogP contribution >= 0.6 is 23.2 Å². The maximum atomic E-state index is 13.5. The van der Waals surface area contributed by atoms with Crippen LogP contribution in [0.2, 0.25) is 10.0 Å². The first-order valence-corrected chi connectivity index (χ1v) is 13.7. The molecule has 1 amide bonds. The van der Waals surface area contributed by atoms with E-state index in [0.29, 0.717) is 55.1 Å². The summed E-state index contributed by atoms with van der Waals surface area (Å²) < 4.78 is 80.7. The minimum atomic E-state index is -5.08. The monoisotopic (exact) mass is 620 g/mol. The first kappa shape index (κ1) is 31.2. The molecule has 1 aliphatic carbocycles. The van der Waals surface area contributed by atoms with Crippen LogP contribution in [0.15, 0.2) is 48.2 Å². The Morgan fingerprint density at radius 3 is 2.12 bits per heavy atom. The zero-order chi connectivity index (χ0) is 30.5. The molecule has 0 spiro atoms. The molecule has 2 atom stereocenters. The number of benzene rings is 2. The minimum Gasteiger partial charge on any atom is -0.374 e. The Balaban J connectivity index is 1.70. The highest BCUT2D eigenvalue weighted by Crippen LogP contribution is 2.40. The van der Waals surface area contributed by atoms with E-state index >= 15 is 0 Å². The van der Waals surface area contributed by atoms with Gasteiger partial charge in [-0.05, 0) is 55.2 Å². The smallest absolute Gasteiger partial charge is 0.374 e. The van der Waals surface area contributed by atoms with Crippen molar-refractivity contribution < 1.29 is 35.9 Å². The second-order valence-corrected chi connectivity index (χ2v) is 12.0. The van der Waals surface area contributed by atoms with Crippen LogP contribution in [-0.4, -0.2) is 47.7 Å². The average Bonchev–Trinajstić information content (AvgIpc) is 2.89. The van der Waals surface area contributed by atoms with Crippen molar-refractivity contribution in [1.82, 2.24) is 9.80 Å². The van der Waals surface area contributed by atoms with Crippen LogP contribution in [0, 0.1) is 5.41 Å². The SMILES string of the molecule is CN(C(=O)c1cc(C(F)(F)F)cc(C(F)(F)F)c1)[C@@H]1CCN(C2=CC(=O)C(C)(C)CC2)C[C@H]1c1ccc(Cl)c(Cl)c1. The van der Waals surface area contributed by atoms with E-state index in [-0.39, 0.29) is 16.9 Å². The van der Waals surface area contributed by atoms with E-state index in [1.54, 1.807) is 24.3 Å². The highest BCUT2D eigenvalue weighted by Gasteiger charge is 2.41. The third-order valence-electron chi connectivity index (χ3n) is 7.98. The number of halogens is 8. The van der Waals surface area contributed by atoms with Gasteiger partial charge in [-0.1, -0.05) is 43.1 Å². The van der Waals surface area contributed by atoms with Crippen molar-refractivity contribution in [1.29, 1.82) is 0 Å². The van der Waals surface area contributed by atoms with Gasteiger partial charge in [-0.3, -0.25) is 9.59 Å². The molecule has 0 aromatic heterocycles. The highest BCUT2D eigenvalue weighted by atomic mass is 35.5. The van der Waals surface area contributed by atoms with Gasteiger partial charge in [0.15, 0.2) is 5.78 Å². The average molecular weight is 621 g/mol. The lowest BCUT2D eigenvalue weighted by atomic mass is 9.77. The third-order valence-corrected chi connectivity index (χ3v) is 8.72. The molecule has 2 aromatic rings. The Hall–Kier alpha value is -2.72. The molecular formula is C29H28Cl2F6N2O2. The number of hydrogen-bond acceptors (Lipinski definition) is 3. The lowest BCUT2D eigenvalue weighted by Crippen LogP contribution is -2.50. The van der Waals surface area contributed by atoms with Crippen molar-refractivity contribution in [2.45, 2.75) is 57.4 Å². The van der Waals surface area contributed by atoms with Gasteiger partial charge in [-0.2, -0.15) is 26.3 Å². The van der Waals surface area contributed by atoms with Crippen LogP contribution in [-0.2, 0) is 17.1 Å². The van der Waals surface area contributed by atoms with E-state index in [0.717, 1.165) is 5.70 Å². The first-order valence-electron chi connectivity index (χ1n) is 12.9. The van der Waals surface area contributed by atoms with Crippen molar-refractivity contribution in [3.63, 3.8) is 0 Å². The van der Waals surface area contributed by atoms with Gasteiger partial charge in [0.05, 0.1) is 21.2 Å². The second-order valence-electron chi connectivity index (χ2n) is 11.2. The maximum absolute atomic E-state index is 13.5. The second kappa shape index (κ2) is 11.2. The van der Waals surface area contributed by atoms with E-state index in [2.05, 4.69) is 0 Å². The molecule has 0 N–H and O–H groups in total. The number of piperidine rings is 1. The van der Waals surface area contributed by atoms with Gasteiger partial charge in [0.1, 0.15) is 0 Å². The summed E-state index contributed by atoms with van der Waals surface area (Å²) in [6.07, 6.45) is -6.87. The van der Waals surface area contributed by atoms with Crippen molar-refractivity contribution in [2.24, 2.45) is 5.41 Å². The topological polar surface area (TPSA) is 40.6 Å². The van der Waals surface area contributed by atoms with Gasteiger partial charge in [0, 0.05) is 54.8 Å². The van der Waals surface area contributed by atoms with Crippen molar-refractivity contribution in [2.75, 3.05) is 20.1 Å². The number of likely N-dealkylation sites (N-methyl/N-ethyl adjacent to an activating group) is 1. The number of likely N-dealkylation sites (tertiary alicyclic amines) is 1. The van der Waals surface area contributed by atoms with Gasteiger partial charge in [0.25, 0.3) is 5.91 Å². The molecule has 0 bridgehead atoms. The fourth-order valence-electron chi connectivity index (χ4n) is 5.40. The summed E-state index contributed by atoms with van der Waals surface area (Å²) in [5.74, 6) is -1.41. The zero-order valence-corrected chi connectivity index (χ0v) is 24.0. The van der Waals surface area contributed by atoms with Crippen LogP contribution in [0.1, 0.15) is 66.1 Å². The lowest BCUT2D eigenvalue weighted by molar-refractivity contribution is -0.143. The summed E-state index contributed by atoms with van der Waals surface area (Å²) in [5, 5.41) is 0.561. The zero-order valence-electron chi connectivity index (χ0n) is 22.5. The Morgan fingerprint density at radius 1 is 0.976 bits per heavy atom. The molecule has 0 unspecified atom stereocenters. The summed E-state index contributed by atoms with van der Waals surface area (Å²) in [7, 11) is 1.37. The van der Waals surface area contributed by atoms with Crippen LogP contribution in [0.4, 0.5) is 26.3 Å². The number of nitrogens with zero attached hydrogens (tertiary/aromatic N) is 2. The van der Waals surface area contributed by atoms with E-state index in [4.69, 9.17) is 23.2 Å². The van der Waals surface area contributed by atoms with Gasteiger partial charge >= 0.3 is 12.4 Å². The molecule has 1 heterocycles. The number of ketones is 1. The molecule has 41 heavy (non-hydrogen) atoms. The fraction of sp³-hybridized carbons (Fsp3) is 0.448. The largest absolute Gasteiger partial charge is 0.416 e. The van der Waals surface area contributed by atoms with E-state index in [9.17, 15) is 35.9 Å². The van der Waals surface area contributed by atoms with Crippen molar-refractivity contribution in [3.05, 3.63) is 80.5 Å². The van der Waals surface area contributed by atoms with E-state index in [1.165, 1.54) is 11.9 Å². The summed E-state index contributed by atoms with van der Waals surface area (Å²) in [4.78, 5) is 29.4. The summed E-state index contributed by atoms with van der Waals surface area (Å²) in [6.45, 7) is 4.53. The van der Waals surface area contributed by atoms with Crippen LogP contribution in [0.25, 0.3) is 0 Å². The molecule has 12 heteroatoms. The standard InChI is InChI=1S/C29H28Cl2F6N2O2/c1-27(2)8-6-20(14-25(27)40)39-9-7-24(21(15-39)16-4-5-22(30)23(31)12-16)38(3)26(41)17-10-18(28(32,33)34)13-19(11-17)29(35,36)37/h4-5,10-14,21,24H,6-9,15H2,1-3H3/t21-,24+/m0/s1. The first-order chi connectivity index (χ1) is 18.9. The molecule has 0 saturated carbocycles. The summed E-state index contributed by atoms with van der Waals surface area (Å²) in [5.41, 5.74) is -2.77. The number of amides is 1. The van der Waals surface area contributed by atoms with Gasteiger partial charge < -0.3 is 9.80 Å². The molecule has 222 valence electrons. The van der Waals surface area contributed by atoms with E-state index < -0.39 is 52.3 Å². The van der Waals surface area contributed by atoms with Crippen LogP contribution < -0.4 is 0 Å². The van der Waals surface area contributed by atoms with Crippen LogP contribution in [0.5, 0.6) is 0 Å². The third kappa shape index (κ3) is 6.69. The highest BCUT2D eigenvalue weighted by molar-refractivity contribution is 6.42. The lowest BCUT2D eigenvalue weighted by Gasteiger charge is -2.45. The molecule has 1 saturated heterocycles. The fourth-order valence-corrected chi connectivity index (χ4v) is 5.71. The molecule has 1 aliphatic heterocycles.